The molecule has 0 aromatic rings. The van der Waals surface area contributed by atoms with Crippen molar-refractivity contribution < 1.29 is 48.8 Å². The van der Waals surface area contributed by atoms with E-state index in [0.29, 0.717) is 38.5 Å². The lowest BCUT2D eigenvalue weighted by molar-refractivity contribution is -0.160. The molecule has 0 bridgehead atoms. The normalized spacial score (nSPS) is 12.5. The Balaban J connectivity index is 3.73. The maximum Gasteiger partial charge on any atom is 0.313 e. The van der Waals surface area contributed by atoms with Crippen LogP contribution in [-0.2, 0) is 33.4 Å². The number of rotatable bonds is 26. The quantitative estimate of drug-likeness (QED) is 0.0694. The highest BCUT2D eigenvalue weighted by Crippen LogP contribution is 2.22. The zero-order valence-corrected chi connectivity index (χ0v) is 23.7. The van der Waals surface area contributed by atoms with E-state index in [2.05, 4.69) is 0 Å². The predicted molar refractivity (Wildman–Crippen MR) is 145 cm³/mol. The molecular weight excluding hydrogens is 508 g/mol. The van der Waals surface area contributed by atoms with E-state index in [1.165, 1.54) is 0 Å². The summed E-state index contributed by atoms with van der Waals surface area (Å²) in [7, 11) is 0. The largest absolute Gasteiger partial charge is 0.481 e. The molecule has 0 aliphatic carbocycles. The third-order valence-corrected chi connectivity index (χ3v) is 6.63. The number of aliphatic carboxylic acids is 2. The summed E-state index contributed by atoms with van der Waals surface area (Å²) in [6, 6.07) is 0. The number of esters is 3. The number of unbranched alkanes of at least 4 members (excludes halogenated alkanes) is 8. The maximum atomic E-state index is 11.9. The first-order valence-corrected chi connectivity index (χ1v) is 14.6. The smallest absolute Gasteiger partial charge is 0.313 e. The molecule has 0 radical (unpaired) electrons. The van der Waals surface area contributed by atoms with Crippen molar-refractivity contribution in [3.8, 4) is 0 Å². The molecule has 0 aliphatic heterocycles. The first-order chi connectivity index (χ1) is 18.6. The van der Waals surface area contributed by atoms with Gasteiger partial charge in [-0.3, -0.25) is 24.0 Å². The molecule has 0 saturated carbocycles. The van der Waals surface area contributed by atoms with Gasteiger partial charge in [-0.2, -0.15) is 0 Å². The van der Waals surface area contributed by atoms with Crippen LogP contribution in [0.3, 0.4) is 0 Å². The zero-order valence-electron chi connectivity index (χ0n) is 23.7. The van der Waals surface area contributed by atoms with Gasteiger partial charge in [-0.25, -0.2) is 0 Å². The van der Waals surface area contributed by atoms with Crippen LogP contribution in [0.15, 0.2) is 0 Å². The Kier molecular flexibility index (Phi) is 23.0. The van der Waals surface area contributed by atoms with E-state index in [0.717, 1.165) is 64.2 Å². The molecule has 0 rings (SSSR count). The lowest BCUT2D eigenvalue weighted by atomic mass is 9.91. The van der Waals surface area contributed by atoms with E-state index < -0.39 is 30.0 Å². The van der Waals surface area contributed by atoms with Gasteiger partial charge in [0.15, 0.2) is 0 Å². The molecule has 0 fully saturated rings. The number of carbonyl (C=O) groups is 5. The Bertz CT molecular complexity index is 706. The van der Waals surface area contributed by atoms with Gasteiger partial charge in [-0.05, 0) is 44.4 Å². The topological polar surface area (TPSA) is 164 Å². The molecular formula is C29H50O10. The first kappa shape index (κ1) is 36.5. The molecule has 0 aromatic carbocycles. The number of aliphatic hydroxyl groups excluding tert-OH is 1. The summed E-state index contributed by atoms with van der Waals surface area (Å²) in [6.07, 6.45) is 12.0. The first-order valence-electron chi connectivity index (χ1n) is 14.6. The highest BCUT2D eigenvalue weighted by Gasteiger charge is 2.13. The minimum absolute atomic E-state index is 0.0285. The van der Waals surface area contributed by atoms with Crippen LogP contribution < -0.4 is 0 Å². The van der Waals surface area contributed by atoms with Crippen LogP contribution >= 0.6 is 0 Å². The van der Waals surface area contributed by atoms with E-state index in [9.17, 15) is 29.1 Å². The molecule has 0 spiro atoms. The molecule has 3 N–H and O–H groups in total. The second kappa shape index (κ2) is 24.5. The Hall–Kier alpha value is -2.49. The second-order valence-corrected chi connectivity index (χ2v) is 10.2. The minimum Gasteiger partial charge on any atom is -0.481 e. The SMILES string of the molecule is CCC(=O)OCC(O)CCCCCCCC(=O)OC(=O)CCCCCCCC(CCCC(=O)O)CCC(=O)O. The van der Waals surface area contributed by atoms with Gasteiger partial charge in [-0.15, -0.1) is 0 Å². The molecule has 226 valence electrons. The summed E-state index contributed by atoms with van der Waals surface area (Å²) in [6.45, 7) is 1.73. The number of carbonyl (C=O) groups excluding carboxylic acids is 3. The Morgan fingerprint density at radius 2 is 1.05 bits per heavy atom. The number of hydrogen-bond acceptors (Lipinski definition) is 8. The third kappa shape index (κ3) is 25.5. The summed E-state index contributed by atoms with van der Waals surface area (Å²) < 4.78 is 9.78. The second-order valence-electron chi connectivity index (χ2n) is 10.2. The zero-order chi connectivity index (χ0) is 29.3. The number of hydrogen-bond donors (Lipinski definition) is 3. The lowest BCUT2D eigenvalue weighted by Gasteiger charge is -2.15. The monoisotopic (exact) mass is 558 g/mol. The van der Waals surface area contributed by atoms with Crippen LogP contribution in [0.2, 0.25) is 0 Å². The fourth-order valence-electron chi connectivity index (χ4n) is 4.32. The van der Waals surface area contributed by atoms with Crippen LogP contribution in [0.1, 0.15) is 135 Å². The Morgan fingerprint density at radius 1 is 0.564 bits per heavy atom. The van der Waals surface area contributed by atoms with Crippen LogP contribution in [0.5, 0.6) is 0 Å². The molecule has 0 aliphatic rings. The molecule has 10 nitrogen and oxygen atoms in total. The van der Waals surface area contributed by atoms with E-state index >= 15 is 0 Å². The summed E-state index contributed by atoms with van der Waals surface area (Å²) in [5, 5.41) is 27.4. The molecule has 0 heterocycles. The Labute approximate surface area is 232 Å². The van der Waals surface area contributed by atoms with Crippen molar-refractivity contribution in [1.29, 1.82) is 0 Å². The predicted octanol–water partition coefficient (Wildman–Crippen LogP) is 5.57. The van der Waals surface area contributed by atoms with Crippen molar-refractivity contribution in [3.05, 3.63) is 0 Å². The van der Waals surface area contributed by atoms with Crippen molar-refractivity contribution in [2.75, 3.05) is 6.61 Å². The van der Waals surface area contributed by atoms with Crippen molar-refractivity contribution >= 4 is 29.8 Å². The fourth-order valence-corrected chi connectivity index (χ4v) is 4.32. The standard InChI is InChI=1S/C29H50O10/c1-2-27(35)38-22-24(30)16-10-6-4-8-12-19-29(37)39-28(36)18-11-7-3-5-9-14-23(20-21-26(33)34)15-13-17-25(31)32/h23-24,30H,2-22H2,1H3,(H,31,32)(H,33,34). The van der Waals surface area contributed by atoms with Crippen LogP contribution in [0, 0.1) is 5.92 Å². The van der Waals surface area contributed by atoms with Gasteiger partial charge < -0.3 is 24.8 Å². The fraction of sp³-hybridized carbons (Fsp3) is 0.828. The van der Waals surface area contributed by atoms with Crippen molar-refractivity contribution in [3.63, 3.8) is 0 Å². The Morgan fingerprint density at radius 3 is 1.59 bits per heavy atom. The molecule has 2 atom stereocenters. The number of aliphatic hydroxyl groups is 1. The lowest BCUT2D eigenvalue weighted by Crippen LogP contribution is -2.18. The highest BCUT2D eigenvalue weighted by molar-refractivity contribution is 5.85. The van der Waals surface area contributed by atoms with Crippen LogP contribution in [-0.4, -0.2) is 57.9 Å². The average Bonchev–Trinajstić information content (AvgIpc) is 2.88. The van der Waals surface area contributed by atoms with E-state index in [4.69, 9.17) is 19.7 Å². The van der Waals surface area contributed by atoms with Gasteiger partial charge >= 0.3 is 29.8 Å². The third-order valence-electron chi connectivity index (χ3n) is 6.63. The van der Waals surface area contributed by atoms with Crippen LogP contribution in [0.4, 0.5) is 0 Å². The van der Waals surface area contributed by atoms with Gasteiger partial charge in [0.25, 0.3) is 0 Å². The number of carboxylic acid groups (broad SMARTS) is 2. The van der Waals surface area contributed by atoms with E-state index in [-0.39, 0.29) is 44.2 Å². The minimum atomic E-state index is -0.832. The number of ether oxygens (including phenoxy) is 2. The number of carboxylic acids is 2. The summed E-state index contributed by atoms with van der Waals surface area (Å²) >= 11 is 0. The van der Waals surface area contributed by atoms with E-state index in [1.54, 1.807) is 6.92 Å². The van der Waals surface area contributed by atoms with Crippen molar-refractivity contribution in [1.82, 2.24) is 0 Å². The van der Waals surface area contributed by atoms with Gasteiger partial charge in [0, 0.05) is 32.1 Å². The van der Waals surface area contributed by atoms with Gasteiger partial charge in [0.1, 0.15) is 6.61 Å². The molecule has 0 aromatic heterocycles. The molecule has 10 heteroatoms. The molecule has 0 saturated heterocycles. The summed E-state index contributed by atoms with van der Waals surface area (Å²) in [5.41, 5.74) is 0. The van der Waals surface area contributed by atoms with E-state index in [1.807, 2.05) is 0 Å². The summed E-state index contributed by atoms with van der Waals surface area (Å²) in [5.74, 6) is -2.76. The molecule has 0 amide bonds. The van der Waals surface area contributed by atoms with Gasteiger partial charge in [-0.1, -0.05) is 64.7 Å². The highest BCUT2D eigenvalue weighted by atomic mass is 16.6. The van der Waals surface area contributed by atoms with Crippen molar-refractivity contribution in [2.45, 2.75) is 141 Å². The average molecular weight is 559 g/mol. The van der Waals surface area contributed by atoms with Gasteiger partial charge in [0.05, 0.1) is 6.10 Å². The summed E-state index contributed by atoms with van der Waals surface area (Å²) in [4.78, 5) is 56.3. The van der Waals surface area contributed by atoms with Gasteiger partial charge in [0.2, 0.25) is 0 Å². The van der Waals surface area contributed by atoms with Crippen LogP contribution in [0.25, 0.3) is 0 Å². The molecule has 2 unspecified atom stereocenters. The van der Waals surface area contributed by atoms with Crippen molar-refractivity contribution in [2.24, 2.45) is 5.92 Å². The maximum absolute atomic E-state index is 11.9. The molecule has 39 heavy (non-hydrogen) atoms.